The molecule has 0 radical (unpaired) electrons. The lowest BCUT2D eigenvalue weighted by Crippen LogP contribution is -2.35. The molecular weight excluding hydrogens is 266 g/mol. The summed E-state index contributed by atoms with van der Waals surface area (Å²) in [4.78, 5) is 14.2. The van der Waals surface area contributed by atoms with Crippen LogP contribution in [-0.2, 0) is 0 Å². The second kappa shape index (κ2) is 5.79. The van der Waals surface area contributed by atoms with Crippen molar-refractivity contribution in [2.45, 2.75) is 57.6 Å². The van der Waals surface area contributed by atoms with Crippen molar-refractivity contribution in [1.29, 1.82) is 0 Å². The average Bonchev–Trinajstić information content (AvgIpc) is 3.05. The zero-order valence-corrected chi connectivity index (χ0v) is 13.0. The van der Waals surface area contributed by atoms with Gasteiger partial charge in [0.05, 0.1) is 23.9 Å². The Hall–Kier alpha value is -1.36. The van der Waals surface area contributed by atoms with Crippen molar-refractivity contribution in [2.75, 3.05) is 13.6 Å². The summed E-state index contributed by atoms with van der Waals surface area (Å²) < 4.78 is 2.02. The minimum Gasteiger partial charge on any atom is -0.391 e. The average molecular weight is 291 g/mol. The van der Waals surface area contributed by atoms with Crippen molar-refractivity contribution in [2.24, 2.45) is 5.92 Å². The number of likely N-dealkylation sites (N-methyl/N-ethyl adjacent to an activating group) is 1. The molecule has 116 valence electrons. The van der Waals surface area contributed by atoms with E-state index in [1.54, 1.807) is 18.1 Å². The third-order valence-corrected chi connectivity index (χ3v) is 4.92. The molecule has 1 atom stereocenters. The summed E-state index contributed by atoms with van der Waals surface area (Å²) in [6, 6.07) is 0.453. The minimum absolute atomic E-state index is 0.0311. The van der Waals surface area contributed by atoms with E-state index in [0.29, 0.717) is 24.1 Å². The first-order valence-electron chi connectivity index (χ1n) is 8.05. The highest BCUT2D eigenvalue weighted by molar-refractivity contribution is 5.94. The molecule has 3 rings (SSSR count). The summed E-state index contributed by atoms with van der Waals surface area (Å²) in [5.74, 6) is 0.360. The van der Waals surface area contributed by atoms with Crippen LogP contribution in [0.3, 0.4) is 0 Å². The highest BCUT2D eigenvalue weighted by Crippen LogP contribution is 2.33. The first-order valence-corrected chi connectivity index (χ1v) is 8.05. The van der Waals surface area contributed by atoms with Crippen LogP contribution < -0.4 is 0 Å². The Morgan fingerprint density at radius 3 is 2.71 bits per heavy atom. The Morgan fingerprint density at radius 1 is 1.43 bits per heavy atom. The molecule has 0 aliphatic heterocycles. The SMILES string of the molecule is Cc1c(C(=O)N(C)CC(O)C2CC2)cnn1C1CCCC1. The Morgan fingerprint density at radius 2 is 2.10 bits per heavy atom. The zero-order valence-electron chi connectivity index (χ0n) is 13.0. The lowest BCUT2D eigenvalue weighted by atomic mass is 10.2. The zero-order chi connectivity index (χ0) is 15.0. The maximum absolute atomic E-state index is 12.5. The molecule has 1 N–H and O–H groups in total. The van der Waals surface area contributed by atoms with E-state index in [9.17, 15) is 9.90 Å². The minimum atomic E-state index is -0.385. The van der Waals surface area contributed by atoms with E-state index in [0.717, 1.165) is 31.4 Å². The molecule has 5 nitrogen and oxygen atoms in total. The van der Waals surface area contributed by atoms with Crippen LogP contribution in [0.5, 0.6) is 0 Å². The van der Waals surface area contributed by atoms with Gasteiger partial charge in [-0.3, -0.25) is 9.48 Å². The standard InChI is InChI=1S/C16H25N3O2/c1-11-14(9-17-19(11)13-5-3-4-6-13)16(21)18(2)10-15(20)12-7-8-12/h9,12-13,15,20H,3-8,10H2,1-2H3. The van der Waals surface area contributed by atoms with Crippen LogP contribution in [0.25, 0.3) is 0 Å². The first-order chi connectivity index (χ1) is 10.1. The number of hydrogen-bond acceptors (Lipinski definition) is 3. The maximum atomic E-state index is 12.5. The molecule has 1 unspecified atom stereocenters. The number of carbonyl (C=O) groups excluding carboxylic acids is 1. The van der Waals surface area contributed by atoms with Crippen molar-refractivity contribution in [1.82, 2.24) is 14.7 Å². The lowest BCUT2D eigenvalue weighted by Gasteiger charge is -2.21. The van der Waals surface area contributed by atoms with Gasteiger partial charge in [0.25, 0.3) is 5.91 Å². The predicted octanol–water partition coefficient (Wildman–Crippen LogP) is 2.15. The van der Waals surface area contributed by atoms with E-state index in [-0.39, 0.29) is 12.0 Å². The second-order valence-electron chi connectivity index (χ2n) is 6.62. The van der Waals surface area contributed by atoms with Gasteiger partial charge in [0.1, 0.15) is 0 Å². The molecule has 21 heavy (non-hydrogen) atoms. The quantitative estimate of drug-likeness (QED) is 0.904. The molecular formula is C16H25N3O2. The fourth-order valence-electron chi connectivity index (χ4n) is 3.35. The summed E-state index contributed by atoms with van der Waals surface area (Å²) in [5, 5.41) is 14.4. The fourth-order valence-corrected chi connectivity index (χ4v) is 3.35. The van der Waals surface area contributed by atoms with Gasteiger partial charge in [0.15, 0.2) is 0 Å². The van der Waals surface area contributed by atoms with Crippen molar-refractivity contribution >= 4 is 5.91 Å². The van der Waals surface area contributed by atoms with Gasteiger partial charge < -0.3 is 10.0 Å². The lowest BCUT2D eigenvalue weighted by molar-refractivity contribution is 0.0644. The van der Waals surface area contributed by atoms with Gasteiger partial charge in [-0.2, -0.15) is 5.10 Å². The molecule has 0 saturated heterocycles. The fraction of sp³-hybridized carbons (Fsp3) is 0.750. The Bertz CT molecular complexity index is 516. The number of amides is 1. The molecule has 2 fully saturated rings. The second-order valence-corrected chi connectivity index (χ2v) is 6.62. The summed E-state index contributed by atoms with van der Waals surface area (Å²) in [6.45, 7) is 2.39. The van der Waals surface area contributed by atoms with Gasteiger partial charge in [-0.25, -0.2) is 0 Å². The number of carbonyl (C=O) groups is 1. The van der Waals surface area contributed by atoms with Crippen molar-refractivity contribution in [3.05, 3.63) is 17.5 Å². The number of hydrogen-bond donors (Lipinski definition) is 1. The van der Waals surface area contributed by atoms with Crippen molar-refractivity contribution in [3.63, 3.8) is 0 Å². The molecule has 1 heterocycles. The Kier molecular flexibility index (Phi) is 4.02. The molecule has 2 saturated carbocycles. The van der Waals surface area contributed by atoms with E-state index < -0.39 is 0 Å². The molecule has 2 aliphatic rings. The van der Waals surface area contributed by atoms with E-state index >= 15 is 0 Å². The van der Waals surface area contributed by atoms with Crippen molar-refractivity contribution in [3.8, 4) is 0 Å². The number of aromatic nitrogens is 2. The highest BCUT2D eigenvalue weighted by Gasteiger charge is 2.32. The summed E-state index contributed by atoms with van der Waals surface area (Å²) >= 11 is 0. The van der Waals surface area contributed by atoms with Gasteiger partial charge in [-0.15, -0.1) is 0 Å². The van der Waals surface area contributed by atoms with Gasteiger partial charge >= 0.3 is 0 Å². The monoisotopic (exact) mass is 291 g/mol. The van der Waals surface area contributed by atoms with Gasteiger partial charge in [-0.1, -0.05) is 12.8 Å². The molecule has 0 bridgehead atoms. The third kappa shape index (κ3) is 2.98. The van der Waals surface area contributed by atoms with Crippen LogP contribution in [0.2, 0.25) is 0 Å². The van der Waals surface area contributed by atoms with E-state index in [4.69, 9.17) is 0 Å². The normalized spacial score (nSPS) is 20.7. The number of rotatable bonds is 5. The van der Waals surface area contributed by atoms with Crippen LogP contribution >= 0.6 is 0 Å². The number of aliphatic hydroxyl groups is 1. The Balaban J connectivity index is 1.68. The predicted molar refractivity (Wildman–Crippen MR) is 80.2 cm³/mol. The molecule has 5 heteroatoms. The first kappa shape index (κ1) is 14.6. The largest absolute Gasteiger partial charge is 0.391 e. The van der Waals surface area contributed by atoms with Crippen LogP contribution in [-0.4, -0.2) is 45.4 Å². The maximum Gasteiger partial charge on any atom is 0.257 e. The third-order valence-electron chi connectivity index (χ3n) is 4.92. The number of aliphatic hydroxyl groups excluding tert-OH is 1. The van der Waals surface area contributed by atoms with Crippen LogP contribution in [0.4, 0.5) is 0 Å². The van der Waals surface area contributed by atoms with E-state index in [2.05, 4.69) is 5.10 Å². The number of nitrogens with zero attached hydrogens (tertiary/aromatic N) is 3. The molecule has 1 aromatic rings. The molecule has 0 aromatic carbocycles. The van der Waals surface area contributed by atoms with Crippen LogP contribution in [0.15, 0.2) is 6.20 Å². The van der Waals surface area contributed by atoms with Gasteiger partial charge in [-0.05, 0) is 38.5 Å². The summed E-state index contributed by atoms with van der Waals surface area (Å²) in [6.07, 6.45) is 8.30. The molecule has 2 aliphatic carbocycles. The van der Waals surface area contributed by atoms with Gasteiger partial charge in [0.2, 0.25) is 0 Å². The highest BCUT2D eigenvalue weighted by atomic mass is 16.3. The van der Waals surface area contributed by atoms with Crippen LogP contribution in [0.1, 0.15) is 60.6 Å². The van der Waals surface area contributed by atoms with E-state index in [1.165, 1.54) is 12.8 Å². The van der Waals surface area contributed by atoms with E-state index in [1.807, 2.05) is 11.6 Å². The summed E-state index contributed by atoms with van der Waals surface area (Å²) in [7, 11) is 1.76. The summed E-state index contributed by atoms with van der Waals surface area (Å²) in [5.41, 5.74) is 1.63. The van der Waals surface area contributed by atoms with Crippen LogP contribution in [0, 0.1) is 12.8 Å². The molecule has 1 amide bonds. The topological polar surface area (TPSA) is 58.4 Å². The smallest absolute Gasteiger partial charge is 0.257 e. The van der Waals surface area contributed by atoms with Crippen molar-refractivity contribution < 1.29 is 9.90 Å². The Labute approximate surface area is 125 Å². The molecule has 0 spiro atoms. The molecule has 1 aromatic heterocycles. The van der Waals surface area contributed by atoms with Gasteiger partial charge in [0, 0.05) is 19.3 Å².